The average molecular weight is 334 g/mol. The molecule has 0 bridgehead atoms. The van der Waals surface area contributed by atoms with E-state index in [2.05, 4.69) is 10.5 Å². The van der Waals surface area contributed by atoms with E-state index < -0.39 is 5.60 Å². The van der Waals surface area contributed by atoms with Crippen LogP contribution in [0.2, 0.25) is 0 Å². The van der Waals surface area contributed by atoms with Gasteiger partial charge in [-0.3, -0.25) is 4.79 Å². The van der Waals surface area contributed by atoms with Crippen LogP contribution >= 0.6 is 0 Å². The van der Waals surface area contributed by atoms with Crippen molar-refractivity contribution in [3.05, 3.63) is 52.7 Å². The predicted molar refractivity (Wildman–Crippen MR) is 88.1 cm³/mol. The summed E-state index contributed by atoms with van der Waals surface area (Å²) < 4.78 is 24.6. The van der Waals surface area contributed by atoms with Crippen LogP contribution in [0.15, 0.2) is 28.8 Å². The number of nitrogens with one attached hydrogen (secondary N) is 1. The van der Waals surface area contributed by atoms with E-state index in [1.165, 1.54) is 13.2 Å². The third-order valence-corrected chi connectivity index (χ3v) is 4.30. The second kappa shape index (κ2) is 7.57. The Hall–Kier alpha value is -2.21. The molecule has 1 N–H and O–H groups in total. The minimum atomic E-state index is -0.927. The number of nitrogens with zero attached hydrogens (tertiary/aromatic N) is 1. The van der Waals surface area contributed by atoms with Gasteiger partial charge in [-0.1, -0.05) is 23.4 Å². The standard InChI is InChI=1S/C18H23FN2O3/c1-12-14(13(2)24-21-12)9-10-17(22)20-11-18(3,23-4)15-7-5-6-8-16(15)19/h5-8H,9-11H2,1-4H3,(H,20,22). The van der Waals surface area contributed by atoms with E-state index in [0.29, 0.717) is 18.4 Å². The summed E-state index contributed by atoms with van der Waals surface area (Å²) in [5, 5.41) is 6.69. The molecule has 1 heterocycles. The molecule has 1 aromatic heterocycles. The summed E-state index contributed by atoms with van der Waals surface area (Å²) in [6.07, 6.45) is 0.857. The first-order valence-corrected chi connectivity index (χ1v) is 7.86. The third kappa shape index (κ3) is 4.00. The van der Waals surface area contributed by atoms with Crippen LogP contribution in [0.5, 0.6) is 0 Å². The first kappa shape index (κ1) is 18.1. The lowest BCUT2D eigenvalue weighted by molar-refractivity contribution is -0.122. The van der Waals surface area contributed by atoms with Crippen molar-refractivity contribution in [3.63, 3.8) is 0 Å². The highest BCUT2D eigenvalue weighted by molar-refractivity contribution is 5.76. The summed E-state index contributed by atoms with van der Waals surface area (Å²) in [4.78, 5) is 12.1. The SMILES string of the molecule is COC(C)(CNC(=O)CCc1c(C)noc1C)c1ccccc1F. The van der Waals surface area contributed by atoms with Crippen LogP contribution in [-0.4, -0.2) is 24.7 Å². The second-order valence-electron chi connectivity index (χ2n) is 5.99. The van der Waals surface area contributed by atoms with E-state index in [0.717, 1.165) is 17.0 Å². The molecule has 2 aromatic rings. The lowest BCUT2D eigenvalue weighted by Crippen LogP contribution is -2.40. The fraction of sp³-hybridized carbons (Fsp3) is 0.444. The zero-order chi connectivity index (χ0) is 17.7. The number of carbonyl (C=O) groups excluding carboxylic acids is 1. The highest BCUT2D eigenvalue weighted by atomic mass is 19.1. The topological polar surface area (TPSA) is 64.4 Å². The number of methoxy groups -OCH3 is 1. The van der Waals surface area contributed by atoms with Crippen LogP contribution in [0.25, 0.3) is 0 Å². The van der Waals surface area contributed by atoms with Crippen molar-refractivity contribution in [2.24, 2.45) is 0 Å². The molecule has 5 nitrogen and oxygen atoms in total. The van der Waals surface area contributed by atoms with Gasteiger partial charge in [0.15, 0.2) is 0 Å². The maximum absolute atomic E-state index is 14.0. The number of amides is 1. The van der Waals surface area contributed by atoms with Crippen molar-refractivity contribution < 1.29 is 18.4 Å². The summed E-state index contributed by atoms with van der Waals surface area (Å²) >= 11 is 0. The number of halogens is 1. The number of ether oxygens (including phenoxy) is 1. The van der Waals surface area contributed by atoms with Crippen LogP contribution in [-0.2, 0) is 21.6 Å². The van der Waals surface area contributed by atoms with Gasteiger partial charge in [0.25, 0.3) is 0 Å². The van der Waals surface area contributed by atoms with Crippen molar-refractivity contribution in [2.45, 2.75) is 39.2 Å². The Labute approximate surface area is 141 Å². The first-order chi connectivity index (χ1) is 11.4. The molecule has 1 atom stereocenters. The van der Waals surface area contributed by atoms with Crippen molar-refractivity contribution in [3.8, 4) is 0 Å². The molecule has 2 rings (SSSR count). The molecule has 0 aliphatic carbocycles. The molecule has 24 heavy (non-hydrogen) atoms. The molecule has 0 aliphatic rings. The normalized spacial score (nSPS) is 13.5. The fourth-order valence-electron chi connectivity index (χ4n) is 2.62. The summed E-state index contributed by atoms with van der Waals surface area (Å²) in [7, 11) is 1.50. The minimum absolute atomic E-state index is 0.130. The van der Waals surface area contributed by atoms with Crippen LogP contribution in [0, 0.1) is 19.7 Å². The molecular weight excluding hydrogens is 311 g/mol. The van der Waals surface area contributed by atoms with E-state index in [-0.39, 0.29) is 18.3 Å². The van der Waals surface area contributed by atoms with Gasteiger partial charge in [-0.05, 0) is 33.3 Å². The molecule has 0 fully saturated rings. The van der Waals surface area contributed by atoms with E-state index in [4.69, 9.17) is 9.26 Å². The van der Waals surface area contributed by atoms with Gasteiger partial charge in [0.05, 0.1) is 12.2 Å². The highest BCUT2D eigenvalue weighted by Crippen LogP contribution is 2.26. The lowest BCUT2D eigenvalue weighted by Gasteiger charge is -2.29. The van der Waals surface area contributed by atoms with Crippen LogP contribution < -0.4 is 5.32 Å². The number of aryl methyl sites for hydroxylation is 2. The van der Waals surface area contributed by atoms with Gasteiger partial charge in [-0.2, -0.15) is 0 Å². The van der Waals surface area contributed by atoms with Gasteiger partial charge < -0.3 is 14.6 Å². The summed E-state index contributed by atoms with van der Waals surface area (Å²) in [6, 6.07) is 6.41. The number of carbonyl (C=O) groups is 1. The Kier molecular flexibility index (Phi) is 5.72. The Morgan fingerprint density at radius 2 is 2.08 bits per heavy atom. The van der Waals surface area contributed by atoms with Gasteiger partial charge in [0, 0.05) is 24.7 Å². The zero-order valence-electron chi connectivity index (χ0n) is 14.5. The quantitative estimate of drug-likeness (QED) is 0.845. The van der Waals surface area contributed by atoms with Gasteiger partial charge in [-0.25, -0.2) is 4.39 Å². The molecule has 0 saturated heterocycles. The van der Waals surface area contributed by atoms with Gasteiger partial charge >= 0.3 is 0 Å². The molecule has 1 aromatic carbocycles. The zero-order valence-corrected chi connectivity index (χ0v) is 14.5. The monoisotopic (exact) mass is 334 g/mol. The number of hydrogen-bond donors (Lipinski definition) is 1. The molecule has 0 aliphatic heterocycles. The molecule has 0 radical (unpaired) electrons. The summed E-state index contributed by atoms with van der Waals surface area (Å²) in [5.41, 5.74) is 1.24. The Morgan fingerprint density at radius 3 is 2.67 bits per heavy atom. The molecule has 0 spiro atoms. The van der Waals surface area contributed by atoms with Crippen molar-refractivity contribution in [1.82, 2.24) is 10.5 Å². The van der Waals surface area contributed by atoms with Crippen LogP contribution in [0.3, 0.4) is 0 Å². The van der Waals surface area contributed by atoms with Crippen molar-refractivity contribution in [2.75, 3.05) is 13.7 Å². The average Bonchev–Trinajstić information content (AvgIpc) is 2.89. The molecule has 1 unspecified atom stereocenters. The molecular formula is C18H23FN2O3. The first-order valence-electron chi connectivity index (χ1n) is 7.86. The molecule has 1 amide bonds. The molecule has 130 valence electrons. The largest absolute Gasteiger partial charge is 0.372 e. The number of aromatic nitrogens is 1. The Balaban J connectivity index is 1.95. The van der Waals surface area contributed by atoms with Gasteiger partial charge in [-0.15, -0.1) is 0 Å². The number of hydrogen-bond acceptors (Lipinski definition) is 4. The Bertz CT molecular complexity index is 695. The Morgan fingerprint density at radius 1 is 1.38 bits per heavy atom. The van der Waals surface area contributed by atoms with Gasteiger partial charge in [0.2, 0.25) is 5.91 Å². The van der Waals surface area contributed by atoms with Crippen LogP contribution in [0.1, 0.15) is 35.9 Å². The van der Waals surface area contributed by atoms with E-state index in [1.807, 2.05) is 13.8 Å². The maximum atomic E-state index is 14.0. The maximum Gasteiger partial charge on any atom is 0.220 e. The number of rotatable bonds is 7. The third-order valence-electron chi connectivity index (χ3n) is 4.30. The smallest absolute Gasteiger partial charge is 0.220 e. The van der Waals surface area contributed by atoms with E-state index in [9.17, 15) is 9.18 Å². The van der Waals surface area contributed by atoms with Gasteiger partial charge in [0.1, 0.15) is 17.2 Å². The summed E-state index contributed by atoms with van der Waals surface area (Å²) in [5.74, 6) is 0.245. The fourth-order valence-corrected chi connectivity index (χ4v) is 2.62. The van der Waals surface area contributed by atoms with Crippen molar-refractivity contribution >= 4 is 5.91 Å². The minimum Gasteiger partial charge on any atom is -0.372 e. The summed E-state index contributed by atoms with van der Waals surface area (Å²) in [6.45, 7) is 5.61. The lowest BCUT2D eigenvalue weighted by atomic mass is 9.95. The molecule has 6 heteroatoms. The van der Waals surface area contributed by atoms with E-state index in [1.54, 1.807) is 25.1 Å². The second-order valence-corrected chi connectivity index (χ2v) is 5.99. The predicted octanol–water partition coefficient (Wildman–Crippen LogP) is 3.04. The molecule has 0 saturated carbocycles. The van der Waals surface area contributed by atoms with E-state index >= 15 is 0 Å². The van der Waals surface area contributed by atoms with Crippen molar-refractivity contribution in [1.29, 1.82) is 0 Å². The highest BCUT2D eigenvalue weighted by Gasteiger charge is 2.29. The van der Waals surface area contributed by atoms with Crippen LogP contribution in [0.4, 0.5) is 4.39 Å². The number of benzene rings is 1.